The lowest BCUT2D eigenvalue weighted by atomic mass is 10.0. The van der Waals surface area contributed by atoms with E-state index in [9.17, 15) is 9.90 Å². The average molecular weight is 517 g/mol. The highest BCUT2D eigenvalue weighted by atomic mass is 16.5. The molecule has 4 N–H and O–H groups in total. The van der Waals surface area contributed by atoms with Crippen LogP contribution in [-0.4, -0.2) is 72.2 Å². The van der Waals surface area contributed by atoms with Crippen molar-refractivity contribution >= 4 is 40.5 Å². The standard InChI is InChI=1S/C24H22N8O3.CH2O2/c1-35-21-10-17-14(4-2-5-25-17)8-20(21)32-19-9-18(15-12-29-31-7-3-6-26-24(15)31)27-11-16(19)23(30-32)28-13-22(33)34;2-1-3/h3,6-12,25H,2,4-5,13H2,1H3,(H,28,30)(H,33,34);1H,(H,2,3). The van der Waals surface area contributed by atoms with Crippen LogP contribution in [0.3, 0.4) is 0 Å². The molecule has 38 heavy (non-hydrogen) atoms. The molecule has 1 aliphatic rings. The highest BCUT2D eigenvalue weighted by Crippen LogP contribution is 2.36. The van der Waals surface area contributed by atoms with Crippen LogP contribution in [0.15, 0.2) is 49.1 Å². The predicted molar refractivity (Wildman–Crippen MR) is 139 cm³/mol. The first kappa shape index (κ1) is 24.5. The number of nitrogens with one attached hydrogen (secondary N) is 2. The van der Waals surface area contributed by atoms with Crippen LogP contribution in [0.1, 0.15) is 12.0 Å². The Labute approximate surface area is 215 Å². The minimum atomic E-state index is -0.979. The topological polar surface area (TPSA) is 169 Å². The van der Waals surface area contributed by atoms with Crippen molar-refractivity contribution in [2.45, 2.75) is 12.8 Å². The van der Waals surface area contributed by atoms with Crippen molar-refractivity contribution in [3.63, 3.8) is 0 Å². The Kier molecular flexibility index (Phi) is 6.72. The van der Waals surface area contributed by atoms with Crippen molar-refractivity contribution in [3.05, 3.63) is 54.6 Å². The monoisotopic (exact) mass is 516 g/mol. The third-order valence-electron chi connectivity index (χ3n) is 6.10. The first-order chi connectivity index (χ1) is 18.5. The predicted octanol–water partition coefficient (Wildman–Crippen LogP) is 2.69. The van der Waals surface area contributed by atoms with Gasteiger partial charge in [-0.25, -0.2) is 14.2 Å². The minimum Gasteiger partial charge on any atom is -0.494 e. The Bertz CT molecular complexity index is 1640. The number of fused-ring (bicyclic) bond motifs is 3. The van der Waals surface area contributed by atoms with Gasteiger partial charge in [-0.3, -0.25) is 14.6 Å². The summed E-state index contributed by atoms with van der Waals surface area (Å²) in [7, 11) is 1.63. The number of aryl methyl sites for hydroxylation is 1. The van der Waals surface area contributed by atoms with Crippen LogP contribution in [0, 0.1) is 0 Å². The van der Waals surface area contributed by atoms with Gasteiger partial charge in [0.15, 0.2) is 11.5 Å². The van der Waals surface area contributed by atoms with Crippen molar-refractivity contribution in [1.29, 1.82) is 0 Å². The molecule has 0 atom stereocenters. The summed E-state index contributed by atoms with van der Waals surface area (Å²) in [5.41, 5.74) is 5.89. The summed E-state index contributed by atoms with van der Waals surface area (Å²) in [6, 6.07) is 7.79. The number of aliphatic carboxylic acids is 1. The number of nitrogens with zero attached hydrogens (tertiary/aromatic N) is 6. The molecule has 13 heteroatoms. The van der Waals surface area contributed by atoms with Gasteiger partial charge in [-0.2, -0.15) is 5.10 Å². The van der Waals surface area contributed by atoms with Gasteiger partial charge in [-0.15, -0.1) is 5.10 Å². The van der Waals surface area contributed by atoms with Crippen LogP contribution >= 0.6 is 0 Å². The smallest absolute Gasteiger partial charge is 0.322 e. The summed E-state index contributed by atoms with van der Waals surface area (Å²) in [6.45, 7) is 0.406. The number of carboxylic acid groups (broad SMARTS) is 2. The molecule has 0 saturated heterocycles. The van der Waals surface area contributed by atoms with Crippen LogP contribution in [0.25, 0.3) is 33.5 Å². The largest absolute Gasteiger partial charge is 0.494 e. The number of hydrogen-bond acceptors (Lipinski definition) is 9. The molecule has 13 nitrogen and oxygen atoms in total. The van der Waals surface area contributed by atoms with Crippen molar-refractivity contribution < 1.29 is 24.5 Å². The number of pyridine rings is 1. The lowest BCUT2D eigenvalue weighted by Gasteiger charge is -2.21. The highest BCUT2D eigenvalue weighted by Gasteiger charge is 2.21. The van der Waals surface area contributed by atoms with E-state index in [0.717, 1.165) is 41.8 Å². The second-order valence-corrected chi connectivity index (χ2v) is 8.36. The Morgan fingerprint density at radius 2 is 2.11 bits per heavy atom. The molecule has 0 radical (unpaired) electrons. The van der Waals surface area contributed by atoms with E-state index in [-0.39, 0.29) is 13.0 Å². The van der Waals surface area contributed by atoms with E-state index < -0.39 is 5.97 Å². The maximum atomic E-state index is 11.2. The second-order valence-electron chi connectivity index (χ2n) is 8.36. The van der Waals surface area contributed by atoms with Crippen molar-refractivity contribution in [2.24, 2.45) is 0 Å². The third-order valence-corrected chi connectivity index (χ3v) is 6.10. The fourth-order valence-corrected chi connectivity index (χ4v) is 4.45. The summed E-state index contributed by atoms with van der Waals surface area (Å²) in [5, 5.41) is 32.2. The van der Waals surface area contributed by atoms with Gasteiger partial charge in [-0.05, 0) is 36.6 Å². The number of carbonyl (C=O) groups is 2. The number of aromatic nitrogens is 6. The molecular weight excluding hydrogens is 492 g/mol. The summed E-state index contributed by atoms with van der Waals surface area (Å²) in [5.74, 6) is 0.104. The van der Waals surface area contributed by atoms with Crippen LogP contribution in [0.4, 0.5) is 11.5 Å². The number of benzene rings is 1. The fraction of sp³-hybridized carbons (Fsp3) is 0.200. The number of anilines is 2. The number of carboxylic acids is 1. The maximum absolute atomic E-state index is 11.2. The molecule has 5 heterocycles. The molecule has 6 rings (SSSR count). The van der Waals surface area contributed by atoms with Gasteiger partial charge in [0.2, 0.25) is 0 Å². The van der Waals surface area contributed by atoms with Crippen LogP contribution < -0.4 is 15.4 Å². The zero-order valence-electron chi connectivity index (χ0n) is 20.3. The normalized spacial score (nSPS) is 12.2. The Morgan fingerprint density at radius 1 is 1.26 bits per heavy atom. The van der Waals surface area contributed by atoms with Crippen LogP contribution in [0.2, 0.25) is 0 Å². The Morgan fingerprint density at radius 3 is 2.89 bits per heavy atom. The van der Waals surface area contributed by atoms with Gasteiger partial charge in [-0.1, -0.05) is 0 Å². The van der Waals surface area contributed by atoms with Crippen LogP contribution in [-0.2, 0) is 16.0 Å². The first-order valence-electron chi connectivity index (χ1n) is 11.7. The Balaban J connectivity index is 0.000000937. The second kappa shape index (κ2) is 10.4. The quantitative estimate of drug-likeness (QED) is 0.245. The first-order valence-corrected chi connectivity index (χ1v) is 11.7. The van der Waals surface area contributed by atoms with E-state index in [4.69, 9.17) is 19.7 Å². The van der Waals surface area contributed by atoms with Gasteiger partial charge in [0, 0.05) is 36.9 Å². The van der Waals surface area contributed by atoms with E-state index >= 15 is 0 Å². The molecule has 194 valence electrons. The number of rotatable bonds is 6. The molecular formula is C25H24N8O5. The molecule has 0 amide bonds. The van der Waals surface area contributed by atoms with E-state index in [1.165, 1.54) is 5.56 Å². The highest BCUT2D eigenvalue weighted by molar-refractivity contribution is 5.94. The Hall–Kier alpha value is -5.20. The molecule has 0 saturated carbocycles. The molecule has 0 aliphatic carbocycles. The van der Waals surface area contributed by atoms with E-state index in [2.05, 4.69) is 31.8 Å². The van der Waals surface area contributed by atoms with Crippen molar-refractivity contribution in [2.75, 3.05) is 30.8 Å². The van der Waals surface area contributed by atoms with Crippen molar-refractivity contribution in [1.82, 2.24) is 29.4 Å². The van der Waals surface area contributed by atoms with Gasteiger partial charge in [0.05, 0.1) is 35.5 Å². The zero-order valence-corrected chi connectivity index (χ0v) is 20.3. The number of ether oxygens (including phenoxy) is 1. The fourth-order valence-electron chi connectivity index (χ4n) is 4.45. The molecule has 1 aliphatic heterocycles. The van der Waals surface area contributed by atoms with Gasteiger partial charge >= 0.3 is 5.97 Å². The number of methoxy groups -OCH3 is 1. The molecule has 1 aromatic carbocycles. The SMILES string of the molecule is COc1cc2c(cc1-n1nc(NCC(=O)O)c3cnc(-c4cnn5cccnc45)cc31)CCCN2.O=CO. The molecule has 0 spiro atoms. The summed E-state index contributed by atoms with van der Waals surface area (Å²) in [6.07, 6.45) is 8.95. The van der Waals surface area contributed by atoms with Crippen LogP contribution in [0.5, 0.6) is 5.75 Å². The third kappa shape index (κ3) is 4.52. The van der Waals surface area contributed by atoms with E-state index in [1.807, 2.05) is 24.4 Å². The van der Waals surface area contributed by atoms with Gasteiger partial charge in [0.25, 0.3) is 6.47 Å². The van der Waals surface area contributed by atoms with E-state index in [0.29, 0.717) is 28.3 Å². The maximum Gasteiger partial charge on any atom is 0.322 e. The zero-order chi connectivity index (χ0) is 26.6. The van der Waals surface area contributed by atoms with Crippen molar-refractivity contribution in [3.8, 4) is 22.7 Å². The van der Waals surface area contributed by atoms with Gasteiger partial charge < -0.3 is 25.6 Å². The summed E-state index contributed by atoms with van der Waals surface area (Å²) in [4.78, 5) is 28.7. The lowest BCUT2D eigenvalue weighted by Crippen LogP contribution is -2.14. The summed E-state index contributed by atoms with van der Waals surface area (Å²) >= 11 is 0. The molecule has 5 aromatic rings. The molecule has 4 aromatic heterocycles. The molecule has 0 unspecified atom stereocenters. The minimum absolute atomic E-state index is 0.250. The average Bonchev–Trinajstić information content (AvgIpc) is 3.53. The molecule has 0 bridgehead atoms. The van der Waals surface area contributed by atoms with Gasteiger partial charge in [0.1, 0.15) is 18.0 Å². The van der Waals surface area contributed by atoms with E-state index in [1.54, 1.807) is 34.9 Å². The molecule has 0 fully saturated rings. The lowest BCUT2D eigenvalue weighted by molar-refractivity contribution is -0.135. The summed E-state index contributed by atoms with van der Waals surface area (Å²) < 4.78 is 9.20. The number of hydrogen-bond donors (Lipinski definition) is 4.